The molecule has 0 bridgehead atoms. The minimum absolute atomic E-state index is 0.352. The molecule has 100 valence electrons. The molecule has 20 heavy (non-hydrogen) atoms. The molecule has 0 aliphatic heterocycles. The first-order valence-electron chi connectivity index (χ1n) is 5.94. The molecule has 4 nitrogen and oxygen atoms in total. The van der Waals surface area contributed by atoms with Crippen molar-refractivity contribution in [3.8, 4) is 5.75 Å². The lowest BCUT2D eigenvalue weighted by Gasteiger charge is -2.05. The molecular weight excluding hydrogens is 276 g/mol. The fourth-order valence-electron chi connectivity index (χ4n) is 1.92. The first kappa shape index (κ1) is 12.6. The van der Waals surface area contributed by atoms with Crippen LogP contribution in [0.3, 0.4) is 0 Å². The minimum Gasteiger partial charge on any atom is -0.423 e. The van der Waals surface area contributed by atoms with Crippen LogP contribution in [0.25, 0.3) is 11.0 Å². The van der Waals surface area contributed by atoms with E-state index in [1.807, 2.05) is 6.92 Å². The lowest BCUT2D eigenvalue weighted by molar-refractivity contribution is 0.0740. The highest BCUT2D eigenvalue weighted by molar-refractivity contribution is 7.12. The third kappa shape index (κ3) is 2.35. The van der Waals surface area contributed by atoms with Gasteiger partial charge < -0.3 is 9.15 Å². The number of fused-ring (bicyclic) bond motifs is 1. The van der Waals surface area contributed by atoms with Crippen LogP contribution in [0.2, 0.25) is 0 Å². The Morgan fingerprint density at radius 1 is 1.25 bits per heavy atom. The van der Waals surface area contributed by atoms with Crippen LogP contribution in [0.1, 0.15) is 15.2 Å². The maximum atomic E-state index is 11.8. The Balaban J connectivity index is 1.97. The standard InChI is InChI=1S/C15H10O4S/c1-9-7-14(16)19-12-8-10(4-5-11(9)12)18-15(17)13-3-2-6-20-13/h2-8H,1H3. The minimum atomic E-state index is -0.422. The lowest BCUT2D eigenvalue weighted by atomic mass is 10.1. The Bertz CT molecular complexity index is 831. The maximum Gasteiger partial charge on any atom is 0.353 e. The van der Waals surface area contributed by atoms with E-state index >= 15 is 0 Å². The molecule has 0 aliphatic carbocycles. The molecule has 0 radical (unpaired) electrons. The molecule has 1 aromatic carbocycles. The van der Waals surface area contributed by atoms with Crippen LogP contribution in [0, 0.1) is 6.92 Å². The molecule has 3 rings (SSSR count). The normalized spacial score (nSPS) is 10.7. The zero-order valence-electron chi connectivity index (χ0n) is 10.6. The molecular formula is C15H10O4S. The number of esters is 1. The number of carbonyl (C=O) groups is 1. The average molecular weight is 286 g/mol. The van der Waals surface area contributed by atoms with Gasteiger partial charge in [-0.05, 0) is 36.1 Å². The summed E-state index contributed by atoms with van der Waals surface area (Å²) in [5.41, 5.74) is 0.815. The molecule has 0 unspecified atom stereocenters. The van der Waals surface area contributed by atoms with E-state index in [2.05, 4.69) is 0 Å². The quantitative estimate of drug-likeness (QED) is 0.411. The second-order valence-corrected chi connectivity index (χ2v) is 5.22. The number of thiophene rings is 1. The van der Waals surface area contributed by atoms with Crippen LogP contribution in [0.5, 0.6) is 5.75 Å². The highest BCUT2D eigenvalue weighted by Crippen LogP contribution is 2.23. The number of carbonyl (C=O) groups excluding carboxylic acids is 1. The summed E-state index contributed by atoms with van der Waals surface area (Å²) in [5.74, 6) is -0.0704. The molecule has 0 fully saturated rings. The van der Waals surface area contributed by atoms with Gasteiger partial charge in [0.15, 0.2) is 0 Å². The summed E-state index contributed by atoms with van der Waals surface area (Å²) in [4.78, 5) is 23.7. The lowest BCUT2D eigenvalue weighted by Crippen LogP contribution is -2.06. The number of rotatable bonds is 2. The first-order chi connectivity index (χ1) is 9.63. The number of benzene rings is 1. The van der Waals surface area contributed by atoms with E-state index in [0.29, 0.717) is 16.2 Å². The molecule has 0 amide bonds. The summed E-state index contributed by atoms with van der Waals surface area (Å²) in [6.07, 6.45) is 0. The molecule has 2 heterocycles. The van der Waals surface area contributed by atoms with E-state index in [1.165, 1.54) is 17.4 Å². The van der Waals surface area contributed by atoms with Gasteiger partial charge in [-0.25, -0.2) is 9.59 Å². The number of hydrogen-bond acceptors (Lipinski definition) is 5. The van der Waals surface area contributed by atoms with Gasteiger partial charge in [-0.15, -0.1) is 11.3 Å². The predicted octanol–water partition coefficient (Wildman–Crippen LogP) is 3.38. The van der Waals surface area contributed by atoms with E-state index < -0.39 is 11.6 Å². The van der Waals surface area contributed by atoms with Crippen molar-refractivity contribution in [2.24, 2.45) is 0 Å². The first-order valence-corrected chi connectivity index (χ1v) is 6.81. The predicted molar refractivity (Wildman–Crippen MR) is 76.5 cm³/mol. The maximum absolute atomic E-state index is 11.8. The number of ether oxygens (including phenoxy) is 1. The average Bonchev–Trinajstić information content (AvgIpc) is 2.91. The van der Waals surface area contributed by atoms with Crippen LogP contribution in [-0.4, -0.2) is 5.97 Å². The van der Waals surface area contributed by atoms with E-state index in [4.69, 9.17) is 9.15 Å². The van der Waals surface area contributed by atoms with Crippen molar-refractivity contribution in [2.75, 3.05) is 0 Å². The summed E-state index contributed by atoms with van der Waals surface area (Å²) < 4.78 is 10.4. The third-order valence-corrected chi connectivity index (χ3v) is 3.71. The number of hydrogen-bond donors (Lipinski definition) is 0. The molecule has 0 N–H and O–H groups in total. The van der Waals surface area contributed by atoms with Gasteiger partial charge in [0, 0.05) is 17.5 Å². The number of aryl methyl sites for hydroxylation is 1. The highest BCUT2D eigenvalue weighted by atomic mass is 32.1. The monoisotopic (exact) mass is 286 g/mol. The highest BCUT2D eigenvalue weighted by Gasteiger charge is 2.11. The Labute approximate surface area is 118 Å². The van der Waals surface area contributed by atoms with Gasteiger partial charge in [0.05, 0.1) is 0 Å². The largest absolute Gasteiger partial charge is 0.423 e. The van der Waals surface area contributed by atoms with Crippen molar-refractivity contribution in [2.45, 2.75) is 6.92 Å². The van der Waals surface area contributed by atoms with Crippen molar-refractivity contribution >= 4 is 28.3 Å². The van der Waals surface area contributed by atoms with Gasteiger partial charge in [0.25, 0.3) is 0 Å². The van der Waals surface area contributed by atoms with E-state index in [9.17, 15) is 9.59 Å². The van der Waals surface area contributed by atoms with Gasteiger partial charge >= 0.3 is 11.6 Å². The van der Waals surface area contributed by atoms with Crippen molar-refractivity contribution in [1.82, 2.24) is 0 Å². The SMILES string of the molecule is Cc1cc(=O)oc2cc(OC(=O)c3cccs3)ccc12. The van der Waals surface area contributed by atoms with Crippen molar-refractivity contribution in [3.05, 3.63) is 62.6 Å². The van der Waals surface area contributed by atoms with Crippen LogP contribution in [0.4, 0.5) is 0 Å². The second kappa shape index (κ2) is 4.94. The zero-order chi connectivity index (χ0) is 14.1. The molecule has 2 aromatic heterocycles. The third-order valence-electron chi connectivity index (χ3n) is 2.86. The van der Waals surface area contributed by atoms with Gasteiger partial charge in [-0.1, -0.05) is 6.07 Å². The van der Waals surface area contributed by atoms with Gasteiger partial charge in [-0.2, -0.15) is 0 Å². The van der Waals surface area contributed by atoms with Crippen LogP contribution >= 0.6 is 11.3 Å². The topological polar surface area (TPSA) is 56.5 Å². The fraction of sp³-hybridized carbons (Fsp3) is 0.0667. The van der Waals surface area contributed by atoms with Crippen molar-refractivity contribution < 1.29 is 13.9 Å². The molecule has 5 heteroatoms. The Kier molecular flexibility index (Phi) is 3.12. The Morgan fingerprint density at radius 2 is 2.10 bits per heavy atom. The molecule has 0 saturated heterocycles. The summed E-state index contributed by atoms with van der Waals surface area (Å²) in [6.45, 7) is 1.83. The zero-order valence-corrected chi connectivity index (χ0v) is 11.4. The molecule has 0 atom stereocenters. The van der Waals surface area contributed by atoms with Gasteiger partial charge in [0.1, 0.15) is 16.2 Å². The summed E-state index contributed by atoms with van der Waals surface area (Å²) in [5, 5.41) is 2.62. The second-order valence-electron chi connectivity index (χ2n) is 4.27. The summed E-state index contributed by atoms with van der Waals surface area (Å²) in [6, 6.07) is 9.91. The van der Waals surface area contributed by atoms with Gasteiger partial charge in [0.2, 0.25) is 0 Å². The fourth-order valence-corrected chi connectivity index (χ4v) is 2.52. The van der Waals surface area contributed by atoms with Crippen LogP contribution in [-0.2, 0) is 0 Å². The Morgan fingerprint density at radius 3 is 2.85 bits per heavy atom. The molecule has 0 aliphatic rings. The summed E-state index contributed by atoms with van der Waals surface area (Å²) >= 11 is 1.31. The Hall–Kier alpha value is -2.40. The molecule has 0 saturated carbocycles. The smallest absolute Gasteiger partial charge is 0.353 e. The van der Waals surface area contributed by atoms with Crippen molar-refractivity contribution in [3.63, 3.8) is 0 Å². The van der Waals surface area contributed by atoms with Crippen LogP contribution < -0.4 is 10.4 Å². The molecule has 0 spiro atoms. The van der Waals surface area contributed by atoms with Crippen LogP contribution in [0.15, 0.2) is 51.0 Å². The van der Waals surface area contributed by atoms with E-state index in [0.717, 1.165) is 10.9 Å². The van der Waals surface area contributed by atoms with Crippen molar-refractivity contribution in [1.29, 1.82) is 0 Å². The van der Waals surface area contributed by atoms with E-state index in [-0.39, 0.29) is 0 Å². The van der Waals surface area contributed by atoms with Gasteiger partial charge in [-0.3, -0.25) is 0 Å². The summed E-state index contributed by atoms with van der Waals surface area (Å²) in [7, 11) is 0. The van der Waals surface area contributed by atoms with E-state index in [1.54, 1.807) is 35.7 Å². The molecule has 3 aromatic rings.